The molecule has 3 N–H and O–H groups in total. The molecule has 1 aromatic carbocycles. The van der Waals surface area contributed by atoms with Gasteiger partial charge in [0.25, 0.3) is 5.78 Å². The van der Waals surface area contributed by atoms with Gasteiger partial charge in [0.1, 0.15) is 0 Å². The lowest BCUT2D eigenvalue weighted by molar-refractivity contribution is 0.577. The van der Waals surface area contributed by atoms with Crippen LogP contribution in [0.5, 0.6) is 0 Å². The number of nitrogens with two attached hydrogens (primary N) is 1. The van der Waals surface area contributed by atoms with E-state index in [4.69, 9.17) is 10.2 Å². The van der Waals surface area contributed by atoms with Gasteiger partial charge in [0, 0.05) is 6.54 Å². The third-order valence-corrected chi connectivity index (χ3v) is 4.51. The van der Waals surface area contributed by atoms with Gasteiger partial charge in [-0.25, -0.2) is 0 Å². The number of furan rings is 1. The number of hydrogen-bond donors (Lipinski definition) is 2. The maximum absolute atomic E-state index is 6.00. The minimum atomic E-state index is 0.220. The molecule has 0 saturated carbocycles. The number of nitrogens with one attached hydrogen (secondary N) is 1. The fourth-order valence-electron chi connectivity index (χ4n) is 2.97. The maximum atomic E-state index is 6.00. The van der Waals surface area contributed by atoms with Crippen LogP contribution in [0.1, 0.15) is 30.9 Å². The van der Waals surface area contributed by atoms with Gasteiger partial charge in [-0.2, -0.15) is 19.5 Å². The lowest BCUT2D eigenvalue weighted by Gasteiger charge is -2.07. The average molecular weight is 377 g/mol. The molecule has 0 saturated heterocycles. The van der Waals surface area contributed by atoms with E-state index in [2.05, 4.69) is 56.6 Å². The van der Waals surface area contributed by atoms with Crippen LogP contribution >= 0.6 is 0 Å². The van der Waals surface area contributed by atoms with Crippen molar-refractivity contribution in [2.75, 3.05) is 17.6 Å². The van der Waals surface area contributed by atoms with Crippen LogP contribution in [-0.4, -0.2) is 31.1 Å². The molecule has 0 radical (unpaired) electrons. The number of benzene rings is 1. The van der Waals surface area contributed by atoms with Crippen molar-refractivity contribution in [2.24, 2.45) is 0 Å². The van der Waals surface area contributed by atoms with Crippen molar-refractivity contribution in [3.8, 4) is 11.6 Å². The summed E-state index contributed by atoms with van der Waals surface area (Å²) >= 11 is 0. The molecule has 0 spiro atoms. The topological polar surface area (TPSA) is 107 Å². The number of nitrogens with zero attached hydrogens (tertiary/aromatic N) is 5. The van der Waals surface area contributed by atoms with Gasteiger partial charge in [-0.3, -0.25) is 0 Å². The molecular formula is C20H23N7O. The van der Waals surface area contributed by atoms with E-state index in [1.165, 1.54) is 28.5 Å². The Hall–Kier alpha value is -3.42. The third-order valence-electron chi connectivity index (χ3n) is 4.51. The van der Waals surface area contributed by atoms with Gasteiger partial charge < -0.3 is 15.5 Å². The predicted octanol–water partition coefficient (Wildman–Crippen LogP) is 3.36. The highest BCUT2D eigenvalue weighted by Crippen LogP contribution is 2.17. The summed E-state index contributed by atoms with van der Waals surface area (Å²) in [5.74, 6) is 2.01. The number of nitrogen functional groups attached to an aromatic ring is 1. The van der Waals surface area contributed by atoms with Crippen LogP contribution in [0.15, 0.2) is 47.1 Å². The highest BCUT2D eigenvalue weighted by atomic mass is 16.3. The second kappa shape index (κ2) is 8.08. The van der Waals surface area contributed by atoms with E-state index in [9.17, 15) is 0 Å². The van der Waals surface area contributed by atoms with E-state index < -0.39 is 0 Å². The summed E-state index contributed by atoms with van der Waals surface area (Å²) in [6.07, 6.45) is 6.02. The van der Waals surface area contributed by atoms with Gasteiger partial charge in [0.05, 0.1) is 6.26 Å². The first-order valence-electron chi connectivity index (χ1n) is 9.49. The minimum Gasteiger partial charge on any atom is -0.461 e. The highest BCUT2D eigenvalue weighted by molar-refractivity contribution is 5.52. The number of rotatable bonds is 8. The fraction of sp³-hybridized carbons (Fsp3) is 0.300. The fourth-order valence-corrected chi connectivity index (χ4v) is 2.97. The zero-order valence-electron chi connectivity index (χ0n) is 15.8. The Kier molecular flexibility index (Phi) is 5.18. The predicted molar refractivity (Wildman–Crippen MR) is 108 cm³/mol. The van der Waals surface area contributed by atoms with Crippen molar-refractivity contribution in [1.82, 2.24) is 24.6 Å². The van der Waals surface area contributed by atoms with Crippen molar-refractivity contribution in [2.45, 2.75) is 32.6 Å². The van der Waals surface area contributed by atoms with Crippen LogP contribution in [0.4, 0.5) is 11.9 Å². The largest absolute Gasteiger partial charge is 0.461 e. The first-order chi connectivity index (χ1) is 13.7. The second-order valence-corrected chi connectivity index (χ2v) is 6.63. The Balaban J connectivity index is 1.40. The Morgan fingerprint density at radius 2 is 1.82 bits per heavy atom. The average Bonchev–Trinajstić information content (AvgIpc) is 3.37. The van der Waals surface area contributed by atoms with Crippen molar-refractivity contribution < 1.29 is 4.42 Å². The molecule has 0 unspecified atom stereocenters. The molecule has 144 valence electrons. The number of anilines is 2. The van der Waals surface area contributed by atoms with Crippen molar-refractivity contribution in [3.05, 3.63) is 53.8 Å². The quantitative estimate of drug-likeness (QED) is 0.485. The summed E-state index contributed by atoms with van der Waals surface area (Å²) in [5, 5.41) is 7.50. The number of unbranched alkanes of at least 4 members (excludes halogenated alkanes) is 1. The van der Waals surface area contributed by atoms with Crippen LogP contribution < -0.4 is 11.1 Å². The number of aryl methyl sites for hydroxylation is 1. The molecule has 4 rings (SSSR count). The molecule has 0 aliphatic carbocycles. The normalized spacial score (nSPS) is 11.2. The standard InChI is InChI=1S/C20H23N7O/c1-2-3-5-14-7-9-15(10-8-14)11-12-22-19-24-18(21)27-20(25-19)23-17(26-27)16-6-4-13-28-16/h4,6-10,13H,2-3,5,11-12H2,1H3,(H3,21,22,23,24,25,26). The lowest BCUT2D eigenvalue weighted by atomic mass is 10.1. The van der Waals surface area contributed by atoms with Crippen LogP contribution in [0, 0.1) is 0 Å². The smallest absolute Gasteiger partial charge is 0.259 e. The van der Waals surface area contributed by atoms with Crippen molar-refractivity contribution >= 4 is 17.7 Å². The van der Waals surface area contributed by atoms with Crippen molar-refractivity contribution in [3.63, 3.8) is 0 Å². The maximum Gasteiger partial charge on any atom is 0.259 e. The first-order valence-corrected chi connectivity index (χ1v) is 9.49. The van der Waals surface area contributed by atoms with Gasteiger partial charge in [-0.1, -0.05) is 37.6 Å². The summed E-state index contributed by atoms with van der Waals surface area (Å²) in [4.78, 5) is 13.0. The molecule has 0 fully saturated rings. The highest BCUT2D eigenvalue weighted by Gasteiger charge is 2.13. The Morgan fingerprint density at radius 1 is 1.04 bits per heavy atom. The molecule has 8 nitrogen and oxygen atoms in total. The summed E-state index contributed by atoms with van der Waals surface area (Å²) in [7, 11) is 0. The molecule has 3 aromatic heterocycles. The van der Waals surface area contributed by atoms with E-state index in [-0.39, 0.29) is 5.95 Å². The monoisotopic (exact) mass is 377 g/mol. The molecule has 4 aromatic rings. The number of aromatic nitrogens is 5. The molecule has 0 aliphatic rings. The van der Waals surface area contributed by atoms with E-state index >= 15 is 0 Å². The Bertz CT molecular complexity index is 1040. The van der Waals surface area contributed by atoms with E-state index in [0.29, 0.717) is 29.9 Å². The molecule has 3 heterocycles. The molecule has 0 aliphatic heterocycles. The number of hydrogen-bond acceptors (Lipinski definition) is 7. The molecule has 0 amide bonds. The third kappa shape index (κ3) is 3.95. The van der Waals surface area contributed by atoms with E-state index in [1.807, 2.05) is 0 Å². The molecule has 0 bridgehead atoms. The second-order valence-electron chi connectivity index (χ2n) is 6.63. The first kappa shape index (κ1) is 18.0. The van der Waals surface area contributed by atoms with Crippen LogP contribution in [-0.2, 0) is 12.8 Å². The summed E-state index contributed by atoms with van der Waals surface area (Å²) in [6, 6.07) is 12.3. The molecule has 28 heavy (non-hydrogen) atoms. The summed E-state index contributed by atoms with van der Waals surface area (Å²) in [5.41, 5.74) is 8.66. The van der Waals surface area contributed by atoms with E-state index in [1.54, 1.807) is 18.4 Å². The van der Waals surface area contributed by atoms with Crippen LogP contribution in [0.2, 0.25) is 0 Å². The van der Waals surface area contributed by atoms with E-state index in [0.717, 1.165) is 12.8 Å². The van der Waals surface area contributed by atoms with Crippen molar-refractivity contribution in [1.29, 1.82) is 0 Å². The van der Waals surface area contributed by atoms with Crippen LogP contribution in [0.25, 0.3) is 17.4 Å². The van der Waals surface area contributed by atoms with Crippen LogP contribution in [0.3, 0.4) is 0 Å². The van der Waals surface area contributed by atoms with Gasteiger partial charge >= 0.3 is 0 Å². The number of fused-ring (bicyclic) bond motifs is 1. The van der Waals surface area contributed by atoms with Gasteiger partial charge in [-0.05, 0) is 42.5 Å². The minimum absolute atomic E-state index is 0.220. The summed E-state index contributed by atoms with van der Waals surface area (Å²) in [6.45, 7) is 2.91. The Morgan fingerprint density at radius 3 is 2.54 bits per heavy atom. The molecule has 8 heteroatoms. The lowest BCUT2D eigenvalue weighted by Crippen LogP contribution is -2.12. The Labute approximate surface area is 162 Å². The zero-order chi connectivity index (χ0) is 19.3. The molecular weight excluding hydrogens is 354 g/mol. The van der Waals surface area contributed by atoms with Gasteiger partial charge in [0.15, 0.2) is 5.76 Å². The SMILES string of the molecule is CCCCc1ccc(CCNc2nc(N)n3nc(-c4ccco4)nc3n2)cc1. The van der Waals surface area contributed by atoms with Gasteiger partial charge in [0.2, 0.25) is 17.7 Å². The molecule has 0 atom stereocenters. The zero-order valence-corrected chi connectivity index (χ0v) is 15.8. The summed E-state index contributed by atoms with van der Waals surface area (Å²) < 4.78 is 6.72. The van der Waals surface area contributed by atoms with Gasteiger partial charge in [-0.15, -0.1) is 5.10 Å².